The van der Waals surface area contributed by atoms with Gasteiger partial charge in [0, 0.05) is 13.0 Å². The highest BCUT2D eigenvalue weighted by Crippen LogP contribution is 2.44. The summed E-state index contributed by atoms with van der Waals surface area (Å²) in [7, 11) is 1.38. The van der Waals surface area contributed by atoms with Gasteiger partial charge in [0.05, 0.1) is 6.61 Å². The van der Waals surface area contributed by atoms with E-state index in [1.807, 2.05) is 48.5 Å². The Bertz CT molecular complexity index is 976. The van der Waals surface area contributed by atoms with Gasteiger partial charge in [0.15, 0.2) is 0 Å². The molecule has 0 bridgehead atoms. The van der Waals surface area contributed by atoms with Crippen LogP contribution in [-0.4, -0.2) is 55.5 Å². The van der Waals surface area contributed by atoms with Crippen molar-refractivity contribution in [1.29, 1.82) is 0 Å². The summed E-state index contributed by atoms with van der Waals surface area (Å²) in [6.45, 7) is 3.52. The molecule has 2 aromatic rings. The first-order valence-corrected chi connectivity index (χ1v) is 10.7. The Balaban J connectivity index is 1.63. The van der Waals surface area contributed by atoms with Gasteiger partial charge in [0.1, 0.15) is 18.7 Å². The fourth-order valence-corrected chi connectivity index (χ4v) is 3.95. The molecule has 0 heterocycles. The Labute approximate surface area is 192 Å². The molecule has 2 amide bonds. The summed E-state index contributed by atoms with van der Waals surface area (Å²) in [5, 5.41) is 14.2. The van der Waals surface area contributed by atoms with E-state index >= 15 is 0 Å². The zero-order valence-corrected chi connectivity index (χ0v) is 18.5. The molecule has 0 radical (unpaired) electrons. The molecule has 1 aliphatic rings. The van der Waals surface area contributed by atoms with Gasteiger partial charge < -0.3 is 25.2 Å². The standard InChI is InChI=1S/C25H28N2O6/c1-3-4-13-21(24(29)30)26-23(28)22(15-32-2)27-25(31)33-14-20-18-11-7-5-9-16(18)17-10-6-8-12-19(17)20/h3,5-12,20-22H,1,4,13-15H2,2H3,(H,26,28)(H,27,31)(H,29,30)/t21?,22-/m0/s1. The number of carboxylic acid groups (broad SMARTS) is 1. The van der Waals surface area contributed by atoms with Crippen molar-refractivity contribution in [1.82, 2.24) is 10.6 Å². The van der Waals surface area contributed by atoms with Crippen LogP contribution in [0.15, 0.2) is 61.2 Å². The average Bonchev–Trinajstić information content (AvgIpc) is 3.13. The molecule has 8 heteroatoms. The lowest BCUT2D eigenvalue weighted by molar-refractivity contribution is -0.142. The normalized spacial score (nSPS) is 13.8. The Morgan fingerprint density at radius 1 is 1.03 bits per heavy atom. The van der Waals surface area contributed by atoms with Crippen LogP contribution in [0, 0.1) is 0 Å². The highest BCUT2D eigenvalue weighted by atomic mass is 16.5. The molecule has 8 nitrogen and oxygen atoms in total. The van der Waals surface area contributed by atoms with Gasteiger partial charge in [-0.25, -0.2) is 9.59 Å². The minimum atomic E-state index is -1.16. The van der Waals surface area contributed by atoms with Crippen molar-refractivity contribution in [3.05, 3.63) is 72.3 Å². The van der Waals surface area contributed by atoms with Crippen LogP contribution in [0.2, 0.25) is 0 Å². The number of methoxy groups -OCH3 is 1. The van der Waals surface area contributed by atoms with Crippen molar-refractivity contribution in [2.75, 3.05) is 20.3 Å². The minimum absolute atomic E-state index is 0.0955. The van der Waals surface area contributed by atoms with Crippen molar-refractivity contribution in [3.63, 3.8) is 0 Å². The predicted octanol–water partition coefficient (Wildman–Crippen LogP) is 3.08. The van der Waals surface area contributed by atoms with Crippen LogP contribution < -0.4 is 10.6 Å². The number of carbonyl (C=O) groups excluding carboxylic acids is 2. The summed E-state index contributed by atoms with van der Waals surface area (Å²) in [5.41, 5.74) is 4.37. The monoisotopic (exact) mass is 452 g/mol. The summed E-state index contributed by atoms with van der Waals surface area (Å²) in [6.07, 6.45) is 1.40. The van der Waals surface area contributed by atoms with E-state index in [9.17, 15) is 19.5 Å². The highest BCUT2D eigenvalue weighted by molar-refractivity contribution is 5.89. The van der Waals surface area contributed by atoms with Crippen LogP contribution in [0.5, 0.6) is 0 Å². The zero-order chi connectivity index (χ0) is 23.8. The third kappa shape index (κ3) is 5.78. The third-order valence-electron chi connectivity index (χ3n) is 5.56. The van der Waals surface area contributed by atoms with Crippen LogP contribution >= 0.6 is 0 Å². The summed E-state index contributed by atoms with van der Waals surface area (Å²) in [4.78, 5) is 36.5. The van der Waals surface area contributed by atoms with Crippen LogP contribution in [0.25, 0.3) is 11.1 Å². The van der Waals surface area contributed by atoms with Crippen molar-refractivity contribution >= 4 is 18.0 Å². The molecule has 0 spiro atoms. The lowest BCUT2D eigenvalue weighted by Crippen LogP contribution is -2.53. The number of allylic oxidation sites excluding steroid dienone is 1. The second-order valence-electron chi connectivity index (χ2n) is 7.74. The molecule has 1 unspecified atom stereocenters. The number of fused-ring (bicyclic) bond motifs is 3. The number of aliphatic carboxylic acids is 1. The molecule has 0 aromatic heterocycles. The molecule has 33 heavy (non-hydrogen) atoms. The number of hydrogen-bond donors (Lipinski definition) is 3. The molecule has 0 saturated heterocycles. The van der Waals surface area contributed by atoms with Gasteiger partial charge in [-0.15, -0.1) is 6.58 Å². The number of carboxylic acids is 1. The zero-order valence-electron chi connectivity index (χ0n) is 18.5. The van der Waals surface area contributed by atoms with E-state index in [1.54, 1.807) is 6.08 Å². The first kappa shape index (κ1) is 24.0. The number of amides is 2. The third-order valence-corrected chi connectivity index (χ3v) is 5.56. The fourth-order valence-electron chi connectivity index (χ4n) is 3.95. The first-order valence-electron chi connectivity index (χ1n) is 10.7. The number of carbonyl (C=O) groups is 3. The summed E-state index contributed by atoms with van der Waals surface area (Å²) in [5.74, 6) is -1.95. The SMILES string of the molecule is C=CCCC(NC(=O)[C@H](COC)NC(=O)OCC1c2ccccc2-c2ccccc21)C(=O)O. The number of ether oxygens (including phenoxy) is 2. The maximum atomic E-state index is 12.6. The van der Waals surface area contributed by atoms with E-state index in [2.05, 4.69) is 17.2 Å². The molecular weight excluding hydrogens is 424 g/mol. The van der Waals surface area contributed by atoms with Gasteiger partial charge in [0.25, 0.3) is 0 Å². The van der Waals surface area contributed by atoms with E-state index in [0.717, 1.165) is 22.3 Å². The quantitative estimate of drug-likeness (QED) is 0.452. The highest BCUT2D eigenvalue weighted by Gasteiger charge is 2.30. The van der Waals surface area contributed by atoms with E-state index in [4.69, 9.17) is 9.47 Å². The second kappa shape index (κ2) is 11.3. The van der Waals surface area contributed by atoms with Crippen LogP contribution in [0.4, 0.5) is 4.79 Å². The number of benzene rings is 2. The number of alkyl carbamates (subject to hydrolysis) is 1. The Morgan fingerprint density at radius 2 is 1.64 bits per heavy atom. The second-order valence-corrected chi connectivity index (χ2v) is 7.74. The van der Waals surface area contributed by atoms with E-state index in [-0.39, 0.29) is 25.6 Å². The van der Waals surface area contributed by atoms with Gasteiger partial charge in [-0.05, 0) is 35.1 Å². The van der Waals surface area contributed by atoms with Gasteiger partial charge in [-0.3, -0.25) is 4.79 Å². The number of nitrogens with one attached hydrogen (secondary N) is 2. The summed E-state index contributed by atoms with van der Waals surface area (Å²) < 4.78 is 10.5. The number of hydrogen-bond acceptors (Lipinski definition) is 5. The largest absolute Gasteiger partial charge is 0.480 e. The Hall–Kier alpha value is -3.65. The summed E-state index contributed by atoms with van der Waals surface area (Å²) >= 11 is 0. The molecule has 2 atom stereocenters. The Kier molecular flexibility index (Phi) is 8.21. The maximum Gasteiger partial charge on any atom is 0.407 e. The lowest BCUT2D eigenvalue weighted by Gasteiger charge is -2.21. The van der Waals surface area contributed by atoms with Crippen molar-refractivity contribution in [2.24, 2.45) is 0 Å². The van der Waals surface area contributed by atoms with E-state index in [1.165, 1.54) is 7.11 Å². The van der Waals surface area contributed by atoms with Crippen molar-refractivity contribution in [2.45, 2.75) is 30.8 Å². The van der Waals surface area contributed by atoms with E-state index in [0.29, 0.717) is 6.42 Å². The molecule has 3 rings (SSSR count). The smallest absolute Gasteiger partial charge is 0.407 e. The van der Waals surface area contributed by atoms with Gasteiger partial charge in [0.2, 0.25) is 5.91 Å². The van der Waals surface area contributed by atoms with Crippen LogP contribution in [0.3, 0.4) is 0 Å². The Morgan fingerprint density at radius 3 is 2.18 bits per heavy atom. The van der Waals surface area contributed by atoms with Crippen molar-refractivity contribution in [3.8, 4) is 11.1 Å². The van der Waals surface area contributed by atoms with Gasteiger partial charge in [-0.2, -0.15) is 0 Å². The molecule has 1 aliphatic carbocycles. The lowest BCUT2D eigenvalue weighted by atomic mass is 9.98. The van der Waals surface area contributed by atoms with E-state index < -0.39 is 30.1 Å². The van der Waals surface area contributed by atoms with Crippen LogP contribution in [-0.2, 0) is 19.1 Å². The molecule has 0 saturated carbocycles. The molecule has 2 aromatic carbocycles. The first-order chi connectivity index (χ1) is 16.0. The molecule has 174 valence electrons. The average molecular weight is 453 g/mol. The van der Waals surface area contributed by atoms with Gasteiger partial charge >= 0.3 is 12.1 Å². The predicted molar refractivity (Wildman–Crippen MR) is 123 cm³/mol. The van der Waals surface area contributed by atoms with Crippen LogP contribution in [0.1, 0.15) is 29.9 Å². The molecule has 0 aliphatic heterocycles. The molecule has 3 N–H and O–H groups in total. The van der Waals surface area contributed by atoms with Gasteiger partial charge in [-0.1, -0.05) is 54.6 Å². The minimum Gasteiger partial charge on any atom is -0.480 e. The summed E-state index contributed by atoms with van der Waals surface area (Å²) in [6, 6.07) is 13.7. The molecular formula is C25H28N2O6. The maximum absolute atomic E-state index is 12.6. The fraction of sp³-hybridized carbons (Fsp3) is 0.320. The number of rotatable bonds is 11. The topological polar surface area (TPSA) is 114 Å². The van der Waals surface area contributed by atoms with Crippen molar-refractivity contribution < 1.29 is 29.0 Å². The molecule has 0 fully saturated rings.